The zero-order valence-electron chi connectivity index (χ0n) is 9.44. The number of aliphatic hydroxyl groups excluding tert-OH is 2. The molecule has 1 rings (SSSR count). The number of hydrogen-bond acceptors (Lipinski definition) is 4. The molecule has 0 aliphatic carbocycles. The van der Waals surface area contributed by atoms with E-state index >= 15 is 0 Å². The van der Waals surface area contributed by atoms with E-state index in [0.717, 1.165) is 5.56 Å². The molecular formula is C11H17FN2O2. The molecule has 2 atom stereocenters. The third-order valence-electron chi connectivity index (χ3n) is 2.38. The first kappa shape index (κ1) is 13.0. The van der Waals surface area contributed by atoms with Crippen molar-refractivity contribution in [3.63, 3.8) is 0 Å². The Morgan fingerprint density at radius 3 is 2.81 bits per heavy atom. The lowest BCUT2D eigenvalue weighted by Gasteiger charge is -2.18. The zero-order chi connectivity index (χ0) is 12.1. The van der Waals surface area contributed by atoms with Crippen molar-refractivity contribution in [3.8, 4) is 0 Å². The fourth-order valence-electron chi connectivity index (χ4n) is 1.44. The van der Waals surface area contributed by atoms with Gasteiger partial charge in [0.1, 0.15) is 6.10 Å². The standard InChI is InChI=1S/C11H17FN2O2/c1-7-5-8(11(12)14-6-7)10(16)9(15)3-4-13-2/h5-6,9-10,13,15-16H,3-4H2,1-2H3. The molecule has 90 valence electrons. The lowest BCUT2D eigenvalue weighted by atomic mass is 10.0. The highest BCUT2D eigenvalue weighted by Gasteiger charge is 2.21. The molecule has 0 aromatic carbocycles. The summed E-state index contributed by atoms with van der Waals surface area (Å²) in [4.78, 5) is 3.51. The molecule has 1 aromatic rings. The van der Waals surface area contributed by atoms with Crippen LogP contribution in [-0.2, 0) is 0 Å². The summed E-state index contributed by atoms with van der Waals surface area (Å²) >= 11 is 0. The van der Waals surface area contributed by atoms with Crippen LogP contribution in [0.3, 0.4) is 0 Å². The van der Waals surface area contributed by atoms with Gasteiger partial charge < -0.3 is 15.5 Å². The molecule has 0 saturated carbocycles. The van der Waals surface area contributed by atoms with Crippen LogP contribution in [0.1, 0.15) is 23.7 Å². The lowest BCUT2D eigenvalue weighted by Crippen LogP contribution is -2.24. The summed E-state index contributed by atoms with van der Waals surface area (Å²) in [5.74, 6) is -0.735. The molecule has 0 amide bonds. The summed E-state index contributed by atoms with van der Waals surface area (Å²) < 4.78 is 13.3. The van der Waals surface area contributed by atoms with Gasteiger partial charge >= 0.3 is 0 Å². The Labute approximate surface area is 94.1 Å². The van der Waals surface area contributed by atoms with Crippen LogP contribution >= 0.6 is 0 Å². The van der Waals surface area contributed by atoms with E-state index in [0.29, 0.717) is 13.0 Å². The molecular weight excluding hydrogens is 211 g/mol. The number of aryl methyl sites for hydroxylation is 1. The number of pyridine rings is 1. The number of aromatic nitrogens is 1. The van der Waals surface area contributed by atoms with Gasteiger partial charge in [-0.05, 0) is 38.6 Å². The van der Waals surface area contributed by atoms with Gasteiger partial charge in [0.05, 0.1) is 6.10 Å². The molecule has 1 heterocycles. The van der Waals surface area contributed by atoms with Crippen LogP contribution in [0, 0.1) is 12.9 Å². The normalized spacial score (nSPS) is 14.8. The van der Waals surface area contributed by atoms with Crippen LogP contribution in [0.2, 0.25) is 0 Å². The number of nitrogens with zero attached hydrogens (tertiary/aromatic N) is 1. The van der Waals surface area contributed by atoms with E-state index in [9.17, 15) is 14.6 Å². The van der Waals surface area contributed by atoms with Crippen molar-refractivity contribution >= 4 is 0 Å². The monoisotopic (exact) mass is 228 g/mol. The number of halogens is 1. The molecule has 16 heavy (non-hydrogen) atoms. The summed E-state index contributed by atoms with van der Waals surface area (Å²) in [6, 6.07) is 1.50. The van der Waals surface area contributed by atoms with Crippen molar-refractivity contribution in [1.29, 1.82) is 0 Å². The minimum Gasteiger partial charge on any atom is -0.390 e. The maximum atomic E-state index is 13.3. The molecule has 5 heteroatoms. The van der Waals surface area contributed by atoms with Crippen molar-refractivity contribution in [3.05, 3.63) is 29.3 Å². The predicted molar refractivity (Wildman–Crippen MR) is 58.4 cm³/mol. The summed E-state index contributed by atoms with van der Waals surface area (Å²) in [5.41, 5.74) is 0.792. The van der Waals surface area contributed by atoms with Gasteiger partial charge in [0, 0.05) is 11.8 Å². The first-order valence-electron chi connectivity index (χ1n) is 5.19. The smallest absolute Gasteiger partial charge is 0.218 e. The maximum Gasteiger partial charge on any atom is 0.218 e. The molecule has 4 nitrogen and oxygen atoms in total. The second kappa shape index (κ2) is 5.89. The average molecular weight is 228 g/mol. The van der Waals surface area contributed by atoms with Gasteiger partial charge in [0.2, 0.25) is 5.95 Å². The van der Waals surface area contributed by atoms with Gasteiger partial charge in [0.15, 0.2) is 0 Å². The zero-order valence-corrected chi connectivity index (χ0v) is 9.44. The predicted octanol–water partition coefficient (Wildman–Crippen LogP) is 0.533. The van der Waals surface area contributed by atoms with Crippen molar-refractivity contribution < 1.29 is 14.6 Å². The molecule has 1 aromatic heterocycles. The van der Waals surface area contributed by atoms with Gasteiger partial charge in [-0.2, -0.15) is 4.39 Å². The summed E-state index contributed by atoms with van der Waals surface area (Å²) in [6.07, 6.45) is -0.498. The highest BCUT2D eigenvalue weighted by Crippen LogP contribution is 2.21. The van der Waals surface area contributed by atoms with E-state index in [4.69, 9.17) is 0 Å². The van der Waals surface area contributed by atoms with Gasteiger partial charge in [-0.3, -0.25) is 0 Å². The number of rotatable bonds is 5. The van der Waals surface area contributed by atoms with Crippen LogP contribution < -0.4 is 5.32 Å². The van der Waals surface area contributed by atoms with Gasteiger partial charge in [-0.1, -0.05) is 0 Å². The Morgan fingerprint density at radius 2 is 2.19 bits per heavy atom. The van der Waals surface area contributed by atoms with Gasteiger partial charge in [-0.15, -0.1) is 0 Å². The van der Waals surface area contributed by atoms with Crippen LogP contribution in [0.15, 0.2) is 12.3 Å². The Kier molecular flexibility index (Phi) is 4.79. The van der Waals surface area contributed by atoms with E-state index < -0.39 is 18.2 Å². The van der Waals surface area contributed by atoms with E-state index in [1.54, 1.807) is 14.0 Å². The molecule has 0 saturated heterocycles. The van der Waals surface area contributed by atoms with Crippen molar-refractivity contribution in [1.82, 2.24) is 10.3 Å². The van der Waals surface area contributed by atoms with Crippen molar-refractivity contribution in [2.24, 2.45) is 0 Å². The molecule has 0 aliphatic rings. The lowest BCUT2D eigenvalue weighted by molar-refractivity contribution is 0.0115. The second-order valence-electron chi connectivity index (χ2n) is 3.80. The van der Waals surface area contributed by atoms with Crippen LogP contribution in [0.5, 0.6) is 0 Å². The maximum absolute atomic E-state index is 13.3. The van der Waals surface area contributed by atoms with Crippen molar-refractivity contribution in [2.45, 2.75) is 25.6 Å². The largest absolute Gasteiger partial charge is 0.390 e. The van der Waals surface area contributed by atoms with Gasteiger partial charge in [0.25, 0.3) is 0 Å². The molecule has 0 bridgehead atoms. The Hall–Kier alpha value is -1.04. The molecule has 0 aliphatic heterocycles. The summed E-state index contributed by atoms with van der Waals surface area (Å²) in [6.45, 7) is 2.31. The molecule has 2 unspecified atom stereocenters. The Balaban J connectivity index is 2.78. The van der Waals surface area contributed by atoms with Crippen LogP contribution in [-0.4, -0.2) is 34.9 Å². The van der Waals surface area contributed by atoms with E-state index in [-0.39, 0.29) is 5.56 Å². The SMILES string of the molecule is CNCCC(O)C(O)c1cc(C)cnc1F. The molecule has 0 fully saturated rings. The topological polar surface area (TPSA) is 65.4 Å². The first-order valence-corrected chi connectivity index (χ1v) is 5.19. The highest BCUT2D eigenvalue weighted by molar-refractivity contribution is 5.21. The minimum absolute atomic E-state index is 0.0450. The highest BCUT2D eigenvalue weighted by atomic mass is 19.1. The number of hydrogen-bond donors (Lipinski definition) is 3. The van der Waals surface area contributed by atoms with Crippen LogP contribution in [0.25, 0.3) is 0 Å². The summed E-state index contributed by atoms with van der Waals surface area (Å²) in [7, 11) is 1.74. The first-order chi connectivity index (χ1) is 7.56. The number of aliphatic hydroxyl groups is 2. The molecule has 0 spiro atoms. The molecule has 0 radical (unpaired) electrons. The van der Waals surface area contributed by atoms with E-state index in [1.807, 2.05) is 0 Å². The quantitative estimate of drug-likeness (QED) is 0.643. The van der Waals surface area contributed by atoms with E-state index in [1.165, 1.54) is 12.3 Å². The van der Waals surface area contributed by atoms with E-state index in [2.05, 4.69) is 10.3 Å². The molecule has 3 N–H and O–H groups in total. The second-order valence-corrected chi connectivity index (χ2v) is 3.80. The summed E-state index contributed by atoms with van der Waals surface area (Å²) in [5, 5.41) is 22.2. The fraction of sp³-hybridized carbons (Fsp3) is 0.545. The third-order valence-corrected chi connectivity index (χ3v) is 2.38. The fourth-order valence-corrected chi connectivity index (χ4v) is 1.44. The van der Waals surface area contributed by atoms with Crippen LogP contribution in [0.4, 0.5) is 4.39 Å². The Bertz CT molecular complexity index is 347. The average Bonchev–Trinajstić information content (AvgIpc) is 2.28. The minimum atomic E-state index is -1.24. The Morgan fingerprint density at radius 1 is 1.50 bits per heavy atom. The third kappa shape index (κ3) is 3.23. The van der Waals surface area contributed by atoms with Crippen molar-refractivity contribution in [2.75, 3.05) is 13.6 Å². The van der Waals surface area contributed by atoms with Gasteiger partial charge in [-0.25, -0.2) is 4.98 Å². The number of nitrogens with one attached hydrogen (secondary N) is 1.